The topological polar surface area (TPSA) is 58.4 Å². The van der Waals surface area contributed by atoms with Crippen molar-refractivity contribution in [2.45, 2.75) is 13.0 Å². The summed E-state index contributed by atoms with van der Waals surface area (Å²) in [6, 6.07) is 0. The molecule has 0 atom stereocenters. The molecular formula is C9H13N3O2. The largest absolute Gasteiger partial charge is 0.476 e. The Morgan fingerprint density at radius 2 is 2.29 bits per heavy atom. The van der Waals surface area contributed by atoms with Crippen molar-refractivity contribution in [3.8, 4) is 0 Å². The first-order valence-electron chi connectivity index (χ1n) is 4.64. The highest BCUT2D eigenvalue weighted by Gasteiger charge is 2.16. The van der Waals surface area contributed by atoms with Crippen LogP contribution in [-0.2, 0) is 13.0 Å². The van der Waals surface area contributed by atoms with Gasteiger partial charge in [0, 0.05) is 32.3 Å². The van der Waals surface area contributed by atoms with E-state index in [9.17, 15) is 4.79 Å². The van der Waals surface area contributed by atoms with Gasteiger partial charge in [-0.05, 0) is 7.05 Å². The van der Waals surface area contributed by atoms with Gasteiger partial charge in [-0.2, -0.15) is 0 Å². The Balaban J connectivity index is 2.26. The molecular weight excluding hydrogens is 182 g/mol. The standard InChI is InChI=1S/C9H13N3O2/c1-11-3-2-8-10-7(9(13)14)6-12(8)5-4-11/h6H,2-5H2,1H3,(H,13,14). The molecule has 0 radical (unpaired) electrons. The number of aromatic nitrogens is 2. The van der Waals surface area contributed by atoms with Gasteiger partial charge in [-0.3, -0.25) is 0 Å². The fraction of sp³-hybridized carbons (Fsp3) is 0.556. The second kappa shape index (κ2) is 3.42. The Labute approximate surface area is 82.0 Å². The highest BCUT2D eigenvalue weighted by Crippen LogP contribution is 2.08. The van der Waals surface area contributed by atoms with E-state index in [2.05, 4.69) is 16.9 Å². The highest BCUT2D eigenvalue weighted by molar-refractivity contribution is 5.85. The van der Waals surface area contributed by atoms with Gasteiger partial charge in [-0.1, -0.05) is 0 Å². The quantitative estimate of drug-likeness (QED) is 0.689. The lowest BCUT2D eigenvalue weighted by Crippen LogP contribution is -2.21. The molecule has 0 saturated heterocycles. The summed E-state index contributed by atoms with van der Waals surface area (Å²) < 4.78 is 1.94. The maximum absolute atomic E-state index is 10.7. The molecule has 1 N–H and O–H groups in total. The Bertz CT molecular complexity index is 333. The summed E-state index contributed by atoms with van der Waals surface area (Å²) in [5.41, 5.74) is 0.157. The molecule has 0 aliphatic carbocycles. The molecule has 2 rings (SSSR count). The zero-order valence-electron chi connectivity index (χ0n) is 8.10. The molecule has 0 saturated carbocycles. The van der Waals surface area contributed by atoms with E-state index in [0.717, 1.165) is 31.9 Å². The maximum Gasteiger partial charge on any atom is 0.356 e. The summed E-state index contributed by atoms with van der Waals surface area (Å²) >= 11 is 0. The molecule has 0 unspecified atom stereocenters. The van der Waals surface area contributed by atoms with Gasteiger partial charge in [0.05, 0.1) is 0 Å². The van der Waals surface area contributed by atoms with E-state index in [-0.39, 0.29) is 5.69 Å². The third-order valence-electron chi connectivity index (χ3n) is 2.52. The van der Waals surface area contributed by atoms with Gasteiger partial charge < -0.3 is 14.6 Å². The molecule has 5 nitrogen and oxygen atoms in total. The van der Waals surface area contributed by atoms with E-state index in [1.807, 2.05) is 4.57 Å². The first-order valence-corrected chi connectivity index (χ1v) is 4.64. The van der Waals surface area contributed by atoms with Crippen molar-refractivity contribution in [1.82, 2.24) is 14.5 Å². The first kappa shape index (κ1) is 9.21. The third-order valence-corrected chi connectivity index (χ3v) is 2.52. The van der Waals surface area contributed by atoms with Gasteiger partial charge in [0.1, 0.15) is 5.82 Å². The molecule has 0 amide bonds. The lowest BCUT2D eigenvalue weighted by Gasteiger charge is -2.10. The Kier molecular flexibility index (Phi) is 2.25. The van der Waals surface area contributed by atoms with E-state index in [1.54, 1.807) is 6.20 Å². The van der Waals surface area contributed by atoms with Gasteiger partial charge >= 0.3 is 5.97 Å². The average Bonchev–Trinajstić information content (AvgIpc) is 2.48. The summed E-state index contributed by atoms with van der Waals surface area (Å²) in [5.74, 6) is -0.0642. The molecule has 5 heteroatoms. The van der Waals surface area contributed by atoms with Crippen LogP contribution in [0.4, 0.5) is 0 Å². The zero-order valence-corrected chi connectivity index (χ0v) is 8.10. The van der Waals surface area contributed by atoms with Gasteiger partial charge in [-0.15, -0.1) is 0 Å². The number of nitrogens with zero attached hydrogens (tertiary/aromatic N) is 3. The average molecular weight is 195 g/mol. The third kappa shape index (κ3) is 1.63. The normalized spacial score (nSPS) is 17.5. The molecule has 0 fully saturated rings. The molecule has 1 aromatic heterocycles. The number of likely N-dealkylation sites (N-methyl/N-ethyl adjacent to an activating group) is 1. The number of imidazole rings is 1. The number of hydrogen-bond donors (Lipinski definition) is 1. The van der Waals surface area contributed by atoms with E-state index >= 15 is 0 Å². The minimum atomic E-state index is -0.945. The predicted molar refractivity (Wildman–Crippen MR) is 50.4 cm³/mol. The van der Waals surface area contributed by atoms with E-state index in [4.69, 9.17) is 5.11 Å². The monoisotopic (exact) mass is 195 g/mol. The fourth-order valence-corrected chi connectivity index (χ4v) is 1.63. The zero-order chi connectivity index (χ0) is 10.1. The number of fused-ring (bicyclic) bond motifs is 1. The number of carbonyl (C=O) groups is 1. The molecule has 14 heavy (non-hydrogen) atoms. The van der Waals surface area contributed by atoms with Crippen molar-refractivity contribution in [1.29, 1.82) is 0 Å². The van der Waals surface area contributed by atoms with Crippen molar-refractivity contribution < 1.29 is 9.90 Å². The molecule has 0 aromatic carbocycles. The summed E-state index contributed by atoms with van der Waals surface area (Å²) in [6.07, 6.45) is 2.45. The van der Waals surface area contributed by atoms with Gasteiger partial charge in [0.2, 0.25) is 0 Å². The summed E-state index contributed by atoms with van der Waals surface area (Å²) in [4.78, 5) is 17.0. The van der Waals surface area contributed by atoms with Crippen LogP contribution in [0.1, 0.15) is 16.3 Å². The number of carboxylic acid groups (broad SMARTS) is 1. The number of aromatic carboxylic acids is 1. The second-order valence-corrected chi connectivity index (χ2v) is 3.59. The lowest BCUT2D eigenvalue weighted by atomic mass is 10.4. The van der Waals surface area contributed by atoms with Crippen LogP contribution in [0.3, 0.4) is 0 Å². The minimum Gasteiger partial charge on any atom is -0.476 e. The molecule has 1 aliphatic rings. The molecule has 1 aromatic rings. The smallest absolute Gasteiger partial charge is 0.356 e. The number of rotatable bonds is 1. The van der Waals surface area contributed by atoms with Crippen molar-refractivity contribution in [3.05, 3.63) is 17.7 Å². The molecule has 2 heterocycles. The van der Waals surface area contributed by atoms with Crippen LogP contribution >= 0.6 is 0 Å². The van der Waals surface area contributed by atoms with Gasteiger partial charge in [0.25, 0.3) is 0 Å². The van der Waals surface area contributed by atoms with E-state index < -0.39 is 5.97 Å². The van der Waals surface area contributed by atoms with E-state index in [1.165, 1.54) is 0 Å². The Morgan fingerprint density at radius 3 is 3.00 bits per heavy atom. The van der Waals surface area contributed by atoms with Gasteiger partial charge in [-0.25, -0.2) is 9.78 Å². The summed E-state index contributed by atoms with van der Waals surface area (Å²) in [6.45, 7) is 2.71. The van der Waals surface area contributed by atoms with Crippen LogP contribution in [0.15, 0.2) is 6.20 Å². The van der Waals surface area contributed by atoms with Crippen LogP contribution in [-0.4, -0.2) is 45.7 Å². The minimum absolute atomic E-state index is 0.157. The highest BCUT2D eigenvalue weighted by atomic mass is 16.4. The van der Waals surface area contributed by atoms with E-state index in [0.29, 0.717) is 0 Å². The molecule has 1 aliphatic heterocycles. The van der Waals surface area contributed by atoms with Crippen molar-refractivity contribution in [3.63, 3.8) is 0 Å². The van der Waals surface area contributed by atoms with Crippen LogP contribution < -0.4 is 0 Å². The Hall–Kier alpha value is -1.36. The number of carboxylic acids is 1. The SMILES string of the molecule is CN1CCc2nc(C(=O)O)cn2CC1. The summed E-state index contributed by atoms with van der Waals surface area (Å²) in [5, 5.41) is 8.77. The van der Waals surface area contributed by atoms with Crippen LogP contribution in [0.5, 0.6) is 0 Å². The van der Waals surface area contributed by atoms with Crippen LogP contribution in [0.2, 0.25) is 0 Å². The van der Waals surface area contributed by atoms with Crippen molar-refractivity contribution in [2.24, 2.45) is 0 Å². The molecule has 0 spiro atoms. The maximum atomic E-state index is 10.7. The van der Waals surface area contributed by atoms with Gasteiger partial charge in [0.15, 0.2) is 5.69 Å². The molecule has 76 valence electrons. The lowest BCUT2D eigenvalue weighted by molar-refractivity contribution is 0.0690. The van der Waals surface area contributed by atoms with Crippen molar-refractivity contribution in [2.75, 3.05) is 20.1 Å². The summed E-state index contributed by atoms with van der Waals surface area (Å²) in [7, 11) is 2.06. The fourth-order valence-electron chi connectivity index (χ4n) is 1.63. The Morgan fingerprint density at radius 1 is 1.50 bits per heavy atom. The van der Waals surface area contributed by atoms with Crippen LogP contribution in [0, 0.1) is 0 Å². The first-order chi connectivity index (χ1) is 6.66. The van der Waals surface area contributed by atoms with Crippen molar-refractivity contribution >= 4 is 5.97 Å². The second-order valence-electron chi connectivity index (χ2n) is 3.59. The number of hydrogen-bond acceptors (Lipinski definition) is 3. The predicted octanol–water partition coefficient (Wildman–Crippen LogP) is 0.0692. The van der Waals surface area contributed by atoms with Crippen LogP contribution in [0.25, 0.3) is 0 Å². The molecule has 0 bridgehead atoms.